The molecular formula is C12H18NO5P. The standard InChI is InChI=1S/C12H18NO5P/c1-3-16-19(15,18-11(2)14)17-10-9-13-12-7-5-4-6-8-12/h4-8,13H,3,9-10H2,1-2H3. The Kier molecular flexibility index (Phi) is 6.56. The third kappa shape index (κ3) is 6.38. The summed E-state index contributed by atoms with van der Waals surface area (Å²) in [6.45, 7) is 3.44. The van der Waals surface area contributed by atoms with Gasteiger partial charge in [0.25, 0.3) is 0 Å². The molecule has 1 aromatic rings. The van der Waals surface area contributed by atoms with E-state index in [0.29, 0.717) is 6.54 Å². The highest BCUT2D eigenvalue weighted by Gasteiger charge is 2.28. The van der Waals surface area contributed by atoms with E-state index in [2.05, 4.69) is 9.84 Å². The highest BCUT2D eigenvalue weighted by molar-refractivity contribution is 7.49. The Morgan fingerprint density at radius 3 is 2.53 bits per heavy atom. The van der Waals surface area contributed by atoms with Crippen molar-refractivity contribution in [3.05, 3.63) is 30.3 Å². The second-order valence-corrected chi connectivity index (χ2v) is 5.17. The van der Waals surface area contributed by atoms with E-state index in [9.17, 15) is 9.36 Å². The van der Waals surface area contributed by atoms with Gasteiger partial charge in [0, 0.05) is 19.2 Å². The highest BCUT2D eigenvalue weighted by Crippen LogP contribution is 2.49. The number of anilines is 1. The Morgan fingerprint density at radius 2 is 1.95 bits per heavy atom. The number of rotatable bonds is 8. The van der Waals surface area contributed by atoms with Crippen molar-refractivity contribution >= 4 is 19.5 Å². The number of benzene rings is 1. The van der Waals surface area contributed by atoms with E-state index in [1.807, 2.05) is 30.3 Å². The van der Waals surface area contributed by atoms with Crippen LogP contribution in [0.3, 0.4) is 0 Å². The number of hydrogen-bond donors (Lipinski definition) is 1. The van der Waals surface area contributed by atoms with Crippen LogP contribution >= 0.6 is 7.82 Å². The van der Waals surface area contributed by atoms with Gasteiger partial charge in [-0.1, -0.05) is 18.2 Å². The van der Waals surface area contributed by atoms with Crippen LogP contribution in [0.15, 0.2) is 30.3 Å². The van der Waals surface area contributed by atoms with Crippen molar-refractivity contribution in [3.63, 3.8) is 0 Å². The summed E-state index contributed by atoms with van der Waals surface area (Å²) in [6.07, 6.45) is 0. The summed E-state index contributed by atoms with van der Waals surface area (Å²) >= 11 is 0. The minimum Gasteiger partial charge on any atom is -0.383 e. The van der Waals surface area contributed by atoms with E-state index in [1.165, 1.54) is 0 Å². The summed E-state index contributed by atoms with van der Waals surface area (Å²) in [4.78, 5) is 10.8. The Morgan fingerprint density at radius 1 is 1.26 bits per heavy atom. The Labute approximate surface area is 112 Å². The monoisotopic (exact) mass is 287 g/mol. The molecule has 0 amide bonds. The van der Waals surface area contributed by atoms with Crippen molar-refractivity contribution in [2.45, 2.75) is 13.8 Å². The van der Waals surface area contributed by atoms with Gasteiger partial charge in [-0.15, -0.1) is 0 Å². The number of nitrogens with one attached hydrogen (secondary N) is 1. The highest BCUT2D eigenvalue weighted by atomic mass is 31.2. The van der Waals surface area contributed by atoms with Crippen LogP contribution in [0.1, 0.15) is 13.8 Å². The van der Waals surface area contributed by atoms with Gasteiger partial charge >= 0.3 is 13.8 Å². The molecule has 7 heteroatoms. The molecule has 0 spiro atoms. The van der Waals surface area contributed by atoms with Gasteiger partial charge in [-0.3, -0.25) is 13.8 Å². The number of phosphoric acid groups is 1. The van der Waals surface area contributed by atoms with Gasteiger partial charge < -0.3 is 9.84 Å². The van der Waals surface area contributed by atoms with E-state index in [-0.39, 0.29) is 13.2 Å². The summed E-state index contributed by atoms with van der Waals surface area (Å²) in [5, 5.41) is 3.07. The minimum absolute atomic E-state index is 0.0967. The molecule has 0 fully saturated rings. The molecule has 1 unspecified atom stereocenters. The molecule has 0 saturated carbocycles. The van der Waals surface area contributed by atoms with Crippen molar-refractivity contribution in [3.8, 4) is 0 Å². The van der Waals surface area contributed by atoms with Crippen molar-refractivity contribution < 1.29 is 22.9 Å². The molecule has 1 atom stereocenters. The van der Waals surface area contributed by atoms with Gasteiger partial charge in [0.2, 0.25) is 0 Å². The third-order valence-corrected chi connectivity index (χ3v) is 3.54. The first-order valence-electron chi connectivity index (χ1n) is 5.94. The van der Waals surface area contributed by atoms with E-state index in [4.69, 9.17) is 9.05 Å². The number of carbonyl (C=O) groups excluding carboxylic acids is 1. The van der Waals surface area contributed by atoms with E-state index in [0.717, 1.165) is 12.6 Å². The zero-order valence-electron chi connectivity index (χ0n) is 11.0. The first-order valence-corrected chi connectivity index (χ1v) is 7.40. The summed E-state index contributed by atoms with van der Waals surface area (Å²) in [7, 11) is -3.79. The summed E-state index contributed by atoms with van der Waals surface area (Å²) < 4.78 is 26.4. The van der Waals surface area contributed by atoms with Crippen LogP contribution in [0.2, 0.25) is 0 Å². The maximum absolute atomic E-state index is 11.9. The second kappa shape index (κ2) is 7.94. The first kappa shape index (κ1) is 15.7. The molecule has 0 bridgehead atoms. The third-order valence-electron chi connectivity index (χ3n) is 1.98. The summed E-state index contributed by atoms with van der Waals surface area (Å²) in [5.74, 6) is -0.701. The zero-order valence-corrected chi connectivity index (χ0v) is 11.9. The Balaban J connectivity index is 2.36. The molecule has 106 valence electrons. The molecule has 0 aliphatic carbocycles. The molecule has 0 radical (unpaired) electrons. The maximum atomic E-state index is 11.9. The Hall–Kier alpha value is -1.36. The second-order valence-electron chi connectivity index (χ2n) is 3.57. The van der Waals surface area contributed by atoms with Gasteiger partial charge in [-0.05, 0) is 19.1 Å². The van der Waals surface area contributed by atoms with E-state index < -0.39 is 13.8 Å². The predicted octanol–water partition coefficient (Wildman–Crippen LogP) is 2.82. The molecule has 0 aromatic heterocycles. The fourth-order valence-electron chi connectivity index (χ4n) is 1.31. The normalized spacial score (nSPS) is 13.6. The van der Waals surface area contributed by atoms with Crippen LogP contribution in [0, 0.1) is 0 Å². The fraction of sp³-hybridized carbons (Fsp3) is 0.417. The molecule has 0 aliphatic heterocycles. The van der Waals surface area contributed by atoms with Crippen molar-refractivity contribution in [2.75, 3.05) is 25.1 Å². The van der Waals surface area contributed by atoms with Crippen molar-refractivity contribution in [1.82, 2.24) is 0 Å². The average Bonchev–Trinajstić information content (AvgIpc) is 2.35. The zero-order chi connectivity index (χ0) is 14.1. The quantitative estimate of drug-likeness (QED) is 0.585. The molecular weight excluding hydrogens is 269 g/mol. The van der Waals surface area contributed by atoms with Crippen LogP contribution in [0.25, 0.3) is 0 Å². The van der Waals surface area contributed by atoms with Gasteiger partial charge in [-0.25, -0.2) is 4.57 Å². The van der Waals surface area contributed by atoms with Crippen molar-refractivity contribution in [1.29, 1.82) is 0 Å². The fourth-order valence-corrected chi connectivity index (χ4v) is 2.44. The lowest BCUT2D eigenvalue weighted by Gasteiger charge is -2.16. The minimum atomic E-state index is -3.79. The van der Waals surface area contributed by atoms with Gasteiger partial charge in [0.15, 0.2) is 0 Å². The van der Waals surface area contributed by atoms with Gasteiger partial charge in [0.05, 0.1) is 13.2 Å². The lowest BCUT2D eigenvalue weighted by atomic mass is 10.3. The van der Waals surface area contributed by atoms with Crippen LogP contribution < -0.4 is 5.32 Å². The lowest BCUT2D eigenvalue weighted by molar-refractivity contribution is -0.133. The number of hydrogen-bond acceptors (Lipinski definition) is 6. The summed E-state index contributed by atoms with van der Waals surface area (Å²) in [5.41, 5.74) is 0.921. The number of carbonyl (C=O) groups is 1. The predicted molar refractivity (Wildman–Crippen MR) is 71.9 cm³/mol. The SMILES string of the molecule is CCOP(=O)(OCCNc1ccccc1)OC(C)=O. The van der Waals surface area contributed by atoms with Crippen molar-refractivity contribution in [2.24, 2.45) is 0 Å². The van der Waals surface area contributed by atoms with E-state index >= 15 is 0 Å². The first-order chi connectivity index (χ1) is 9.06. The molecule has 19 heavy (non-hydrogen) atoms. The molecule has 0 heterocycles. The largest absolute Gasteiger partial charge is 0.532 e. The molecule has 0 saturated heterocycles. The van der Waals surface area contributed by atoms with Crippen LogP contribution in [0.4, 0.5) is 5.69 Å². The molecule has 1 aromatic carbocycles. The molecule has 6 nitrogen and oxygen atoms in total. The number of phosphoric ester groups is 1. The smallest absolute Gasteiger partial charge is 0.383 e. The Bertz CT molecular complexity index is 437. The maximum Gasteiger partial charge on any atom is 0.532 e. The summed E-state index contributed by atoms with van der Waals surface area (Å²) in [6, 6.07) is 9.49. The average molecular weight is 287 g/mol. The molecule has 1 N–H and O–H groups in total. The number of para-hydroxylation sites is 1. The molecule has 0 aliphatic rings. The van der Waals surface area contributed by atoms with Gasteiger partial charge in [0.1, 0.15) is 0 Å². The van der Waals surface area contributed by atoms with Crippen LogP contribution in [0.5, 0.6) is 0 Å². The van der Waals surface area contributed by atoms with Gasteiger partial charge in [-0.2, -0.15) is 0 Å². The topological polar surface area (TPSA) is 73.9 Å². The lowest BCUT2D eigenvalue weighted by Crippen LogP contribution is -2.11. The van der Waals surface area contributed by atoms with E-state index in [1.54, 1.807) is 6.92 Å². The van der Waals surface area contributed by atoms with Crippen LogP contribution in [-0.4, -0.2) is 25.7 Å². The van der Waals surface area contributed by atoms with Crippen LogP contribution in [-0.2, 0) is 22.9 Å². The molecule has 1 rings (SSSR count).